The highest BCUT2D eigenvalue weighted by atomic mass is 35.5. The summed E-state index contributed by atoms with van der Waals surface area (Å²) in [5.41, 5.74) is 0. The van der Waals surface area contributed by atoms with Crippen LogP contribution in [-0.2, 0) is 10.0 Å². The second-order valence-electron chi connectivity index (χ2n) is 2.33. The second-order valence-corrected chi connectivity index (χ2v) is 4.80. The molecule has 0 aromatic heterocycles. The van der Waals surface area contributed by atoms with E-state index in [0.29, 0.717) is 0 Å². The van der Waals surface area contributed by atoms with E-state index in [1.165, 1.54) is 6.07 Å². The van der Waals surface area contributed by atoms with Crippen LogP contribution in [-0.4, -0.2) is 18.7 Å². The molecule has 0 atom stereocenters. The van der Waals surface area contributed by atoms with Crippen molar-refractivity contribution in [3.63, 3.8) is 0 Å². The lowest BCUT2D eigenvalue weighted by Gasteiger charge is -2.06. The maximum atomic E-state index is 11.1. The molecule has 0 saturated carbocycles. The normalized spacial score (nSPS) is 11.6. The van der Waals surface area contributed by atoms with E-state index in [2.05, 4.69) is 0 Å². The van der Waals surface area contributed by atoms with Gasteiger partial charge in [0.05, 0.1) is 5.02 Å². The summed E-state index contributed by atoms with van der Waals surface area (Å²) in [6.45, 7) is 0. The summed E-state index contributed by atoms with van der Waals surface area (Å²) in [7, 11) is -4.19. The van der Waals surface area contributed by atoms with Crippen LogP contribution in [0.15, 0.2) is 17.0 Å². The molecule has 1 rings (SSSR count). The lowest BCUT2D eigenvalue weighted by molar-refractivity contribution is 0.242. The van der Waals surface area contributed by atoms with Crippen LogP contribution >= 0.6 is 23.2 Å². The zero-order valence-corrected chi connectivity index (χ0v) is 8.86. The van der Waals surface area contributed by atoms with E-state index in [9.17, 15) is 13.5 Å². The van der Waals surface area contributed by atoms with Gasteiger partial charge in [-0.2, -0.15) is 0 Å². The van der Waals surface area contributed by atoms with Gasteiger partial charge in [0.25, 0.3) is 10.0 Å². The third kappa shape index (κ3) is 2.10. The van der Waals surface area contributed by atoms with Crippen molar-refractivity contribution in [1.29, 1.82) is 0 Å². The molecule has 0 saturated heterocycles. The van der Waals surface area contributed by atoms with Gasteiger partial charge in [0.1, 0.15) is 4.90 Å². The van der Waals surface area contributed by atoms with Crippen LogP contribution in [0.3, 0.4) is 0 Å². The number of sulfonamides is 1. The molecule has 0 bridgehead atoms. The first kappa shape index (κ1) is 11.5. The maximum absolute atomic E-state index is 11.1. The van der Waals surface area contributed by atoms with Crippen molar-refractivity contribution in [2.24, 2.45) is 0 Å². The van der Waals surface area contributed by atoms with E-state index in [0.717, 1.165) is 11.0 Å². The van der Waals surface area contributed by atoms with E-state index in [4.69, 9.17) is 28.4 Å². The molecule has 0 amide bonds. The lowest BCUT2D eigenvalue weighted by atomic mass is 10.3. The molecule has 0 heterocycles. The molecule has 3 N–H and O–H groups in total. The Morgan fingerprint density at radius 2 is 1.86 bits per heavy atom. The minimum absolute atomic E-state index is 0.0293. The van der Waals surface area contributed by atoms with Crippen molar-refractivity contribution >= 4 is 33.2 Å². The Kier molecular flexibility index (Phi) is 3.23. The fourth-order valence-electron chi connectivity index (χ4n) is 0.796. The Balaban J connectivity index is 3.50. The Hall–Kier alpha value is -0.530. The van der Waals surface area contributed by atoms with Crippen LogP contribution in [0.5, 0.6) is 5.75 Å². The monoisotopic (exact) mass is 257 g/mol. The molecule has 0 aliphatic carbocycles. The summed E-state index contributed by atoms with van der Waals surface area (Å²) >= 11 is 11.0. The molecule has 1 aromatic rings. The largest absolute Gasteiger partial charge is 0.505 e. The third-order valence-electron chi connectivity index (χ3n) is 1.40. The van der Waals surface area contributed by atoms with Gasteiger partial charge >= 0.3 is 0 Å². The number of hydrogen-bond donors (Lipinski definition) is 3. The fraction of sp³-hybridized carbons (Fsp3) is 0. The van der Waals surface area contributed by atoms with Gasteiger partial charge in [-0.15, -0.1) is 0 Å². The van der Waals surface area contributed by atoms with Gasteiger partial charge in [0.15, 0.2) is 5.75 Å². The third-order valence-corrected chi connectivity index (χ3v) is 3.04. The van der Waals surface area contributed by atoms with Crippen molar-refractivity contribution < 1.29 is 18.7 Å². The summed E-state index contributed by atoms with van der Waals surface area (Å²) in [5.74, 6) is -0.669. The summed E-state index contributed by atoms with van der Waals surface area (Å²) < 4.78 is 22.2. The van der Waals surface area contributed by atoms with E-state index in [1.54, 1.807) is 0 Å². The highest BCUT2D eigenvalue weighted by molar-refractivity contribution is 7.89. The lowest BCUT2D eigenvalue weighted by Crippen LogP contribution is -2.19. The molecular weight excluding hydrogens is 253 g/mol. The van der Waals surface area contributed by atoms with Crippen LogP contribution in [0.1, 0.15) is 0 Å². The number of nitrogens with one attached hydrogen (secondary N) is 1. The first-order chi connectivity index (χ1) is 6.38. The van der Waals surface area contributed by atoms with Crippen LogP contribution in [0.25, 0.3) is 0 Å². The maximum Gasteiger partial charge on any atom is 0.266 e. The highest BCUT2D eigenvalue weighted by Gasteiger charge is 2.20. The van der Waals surface area contributed by atoms with Gasteiger partial charge in [-0.25, -0.2) is 8.42 Å². The van der Waals surface area contributed by atoms with Gasteiger partial charge in [-0.05, 0) is 12.1 Å². The summed E-state index contributed by atoms with van der Waals surface area (Å²) in [5, 5.41) is 17.4. The molecule has 0 spiro atoms. The number of aromatic hydroxyl groups is 1. The molecule has 1 aromatic carbocycles. The molecule has 0 radical (unpaired) electrons. The Morgan fingerprint density at radius 1 is 1.29 bits per heavy atom. The zero-order valence-electron chi connectivity index (χ0n) is 6.53. The Labute approximate surface area is 89.9 Å². The molecule has 5 nitrogen and oxygen atoms in total. The minimum Gasteiger partial charge on any atom is -0.505 e. The van der Waals surface area contributed by atoms with E-state index >= 15 is 0 Å². The molecule has 0 aliphatic heterocycles. The summed E-state index contributed by atoms with van der Waals surface area (Å²) in [6.07, 6.45) is 0. The summed E-state index contributed by atoms with van der Waals surface area (Å²) in [4.78, 5) is 0.462. The standard InChI is InChI=1S/C6H5Cl2NO4S/c7-3-1-4(8)6(10)5(2-3)14(12,13)9-11/h1-2,9-11H. The zero-order chi connectivity index (χ0) is 10.9. The predicted octanol–water partition coefficient (Wildman–Crippen LogP) is 1.37. The number of phenols is 1. The minimum atomic E-state index is -4.19. The number of benzene rings is 1. The van der Waals surface area contributed by atoms with Crippen LogP contribution in [0.4, 0.5) is 0 Å². The van der Waals surface area contributed by atoms with Gasteiger partial charge in [0.2, 0.25) is 0 Å². The van der Waals surface area contributed by atoms with Gasteiger partial charge in [-0.1, -0.05) is 28.1 Å². The van der Waals surface area contributed by atoms with Crippen molar-refractivity contribution in [3.8, 4) is 5.75 Å². The quantitative estimate of drug-likeness (QED) is 0.699. The molecular formula is C6H5Cl2NO4S. The molecule has 8 heteroatoms. The molecule has 78 valence electrons. The van der Waals surface area contributed by atoms with E-state index in [-0.39, 0.29) is 10.0 Å². The Bertz CT molecular complexity index is 459. The second kappa shape index (κ2) is 3.92. The van der Waals surface area contributed by atoms with Crippen LogP contribution in [0, 0.1) is 0 Å². The van der Waals surface area contributed by atoms with E-state index in [1.807, 2.05) is 0 Å². The number of phenolic OH excluding ortho intramolecular Hbond substituents is 1. The first-order valence-corrected chi connectivity index (χ1v) is 5.46. The summed E-state index contributed by atoms with van der Waals surface area (Å²) in [6, 6.07) is 2.14. The molecule has 14 heavy (non-hydrogen) atoms. The number of hydrogen-bond acceptors (Lipinski definition) is 4. The highest BCUT2D eigenvalue weighted by Crippen LogP contribution is 2.33. The topological polar surface area (TPSA) is 86.6 Å². The van der Waals surface area contributed by atoms with Gasteiger partial charge < -0.3 is 10.3 Å². The van der Waals surface area contributed by atoms with Crippen molar-refractivity contribution in [2.75, 3.05) is 0 Å². The van der Waals surface area contributed by atoms with Gasteiger partial charge in [-0.3, -0.25) is 0 Å². The number of halogens is 2. The van der Waals surface area contributed by atoms with E-state index < -0.39 is 20.7 Å². The SMILES string of the molecule is O=S(=O)(NO)c1cc(Cl)cc(Cl)c1O. The van der Waals surface area contributed by atoms with Crippen molar-refractivity contribution in [2.45, 2.75) is 4.90 Å². The van der Waals surface area contributed by atoms with Crippen molar-refractivity contribution in [1.82, 2.24) is 4.89 Å². The average Bonchev–Trinajstić information content (AvgIpc) is 2.11. The molecule has 0 aliphatic rings. The Morgan fingerprint density at radius 3 is 2.36 bits per heavy atom. The predicted molar refractivity (Wildman–Crippen MR) is 50.2 cm³/mol. The van der Waals surface area contributed by atoms with Crippen molar-refractivity contribution in [3.05, 3.63) is 22.2 Å². The first-order valence-electron chi connectivity index (χ1n) is 3.22. The molecule has 0 unspecified atom stereocenters. The number of rotatable bonds is 2. The molecule has 0 fully saturated rings. The smallest absolute Gasteiger partial charge is 0.266 e. The average molecular weight is 258 g/mol. The van der Waals surface area contributed by atoms with Crippen LogP contribution in [0.2, 0.25) is 10.0 Å². The van der Waals surface area contributed by atoms with Gasteiger partial charge in [0, 0.05) is 5.02 Å². The van der Waals surface area contributed by atoms with Crippen LogP contribution < -0.4 is 4.89 Å². The fourth-order valence-corrected chi connectivity index (χ4v) is 2.16.